The van der Waals surface area contributed by atoms with E-state index in [-0.39, 0.29) is 11.3 Å². The van der Waals surface area contributed by atoms with Crippen LogP contribution in [0.4, 0.5) is 0 Å². The number of piperidine rings is 1. The maximum absolute atomic E-state index is 12.8. The summed E-state index contributed by atoms with van der Waals surface area (Å²) in [4.78, 5) is 18.5. The molecular formula is C24H38N4O. The van der Waals surface area contributed by atoms with E-state index in [0.717, 1.165) is 45.3 Å². The van der Waals surface area contributed by atoms with E-state index in [9.17, 15) is 4.79 Å². The molecule has 0 bridgehead atoms. The topological polar surface area (TPSA) is 57.1 Å². The second-order valence-electron chi connectivity index (χ2n) is 8.36. The van der Waals surface area contributed by atoms with E-state index < -0.39 is 0 Å². The highest BCUT2D eigenvalue weighted by molar-refractivity contribution is 5.76. The fourth-order valence-electron chi connectivity index (χ4n) is 4.42. The van der Waals surface area contributed by atoms with Crippen LogP contribution in [-0.4, -0.2) is 43.5 Å². The lowest BCUT2D eigenvalue weighted by atomic mass is 9.68. The molecule has 0 aromatic heterocycles. The zero-order chi connectivity index (χ0) is 21.1. The average molecular weight is 399 g/mol. The lowest BCUT2D eigenvalue weighted by Gasteiger charge is -2.45. The van der Waals surface area contributed by atoms with Crippen molar-refractivity contribution in [2.24, 2.45) is 21.4 Å². The Morgan fingerprint density at radius 1 is 1.24 bits per heavy atom. The number of benzene rings is 1. The zero-order valence-corrected chi connectivity index (χ0v) is 18.5. The van der Waals surface area contributed by atoms with Crippen molar-refractivity contribution in [2.45, 2.75) is 65.7 Å². The maximum atomic E-state index is 12.8. The van der Waals surface area contributed by atoms with Gasteiger partial charge in [-0.2, -0.15) is 5.10 Å². The summed E-state index contributed by atoms with van der Waals surface area (Å²) in [5, 5.41) is 4.12. The van der Waals surface area contributed by atoms with Crippen molar-refractivity contribution < 1.29 is 4.79 Å². The summed E-state index contributed by atoms with van der Waals surface area (Å²) in [6.07, 6.45) is 8.34. The Bertz CT molecular complexity index is 660. The lowest BCUT2D eigenvalue weighted by molar-refractivity contribution is -0.134. The SMILES string of the molecule is C=N/C=N\NCC1(C(C)CCC)CCN(C(=O)CCc2ccc(CC)cc2)CC1. The van der Waals surface area contributed by atoms with Crippen molar-refractivity contribution in [1.82, 2.24) is 10.3 Å². The fraction of sp³-hybridized carbons (Fsp3) is 0.625. The van der Waals surface area contributed by atoms with E-state index in [4.69, 9.17) is 0 Å². The largest absolute Gasteiger partial charge is 0.343 e. The Labute approximate surface area is 176 Å². The molecule has 0 spiro atoms. The Kier molecular flexibility index (Phi) is 9.36. The second-order valence-corrected chi connectivity index (χ2v) is 8.36. The molecule has 1 aliphatic heterocycles. The number of rotatable bonds is 11. The molecule has 1 saturated heterocycles. The van der Waals surface area contributed by atoms with Crippen LogP contribution in [0, 0.1) is 11.3 Å². The van der Waals surface area contributed by atoms with Gasteiger partial charge in [-0.1, -0.05) is 57.9 Å². The molecule has 0 saturated carbocycles. The molecule has 2 rings (SSSR count). The summed E-state index contributed by atoms with van der Waals surface area (Å²) in [6, 6.07) is 8.65. The van der Waals surface area contributed by atoms with Gasteiger partial charge in [0.05, 0.1) is 0 Å². The van der Waals surface area contributed by atoms with Crippen molar-refractivity contribution in [1.29, 1.82) is 0 Å². The number of nitrogens with zero attached hydrogens (tertiary/aromatic N) is 3. The van der Waals surface area contributed by atoms with E-state index in [1.807, 2.05) is 0 Å². The van der Waals surface area contributed by atoms with Crippen LogP contribution >= 0.6 is 0 Å². The van der Waals surface area contributed by atoms with Crippen LogP contribution in [0.5, 0.6) is 0 Å². The summed E-state index contributed by atoms with van der Waals surface area (Å²) in [5.41, 5.74) is 5.94. The Hall–Kier alpha value is -2.17. The van der Waals surface area contributed by atoms with Gasteiger partial charge in [-0.25, -0.2) is 0 Å². The first-order valence-electron chi connectivity index (χ1n) is 11.1. The van der Waals surface area contributed by atoms with Crippen LogP contribution in [0.2, 0.25) is 0 Å². The molecule has 1 N–H and O–H groups in total. The van der Waals surface area contributed by atoms with Gasteiger partial charge < -0.3 is 10.3 Å². The van der Waals surface area contributed by atoms with Gasteiger partial charge in [0.25, 0.3) is 0 Å². The van der Waals surface area contributed by atoms with E-state index in [1.165, 1.54) is 30.3 Å². The normalized spacial score (nSPS) is 17.3. The molecule has 1 aromatic rings. The molecule has 1 unspecified atom stereocenters. The molecule has 29 heavy (non-hydrogen) atoms. The van der Waals surface area contributed by atoms with E-state index >= 15 is 0 Å². The molecule has 160 valence electrons. The number of likely N-dealkylation sites (tertiary alicyclic amines) is 1. The van der Waals surface area contributed by atoms with Crippen molar-refractivity contribution in [2.75, 3.05) is 19.6 Å². The van der Waals surface area contributed by atoms with Gasteiger partial charge in [0.15, 0.2) is 0 Å². The highest BCUT2D eigenvalue weighted by Gasteiger charge is 2.39. The number of carbonyl (C=O) groups excluding carboxylic acids is 1. The molecule has 1 amide bonds. The van der Waals surface area contributed by atoms with Crippen molar-refractivity contribution in [3.63, 3.8) is 0 Å². The summed E-state index contributed by atoms with van der Waals surface area (Å²) >= 11 is 0. The number of carbonyl (C=O) groups is 1. The standard InChI is InChI=1S/C24H38N4O/c1-5-7-20(3)24(18-26-27-19-25-4)14-16-28(17-15-24)23(29)13-12-22-10-8-21(6-2)9-11-22/h8-11,19-20,26H,4-7,12-18H2,1-3H3/b27-19-. The third-order valence-corrected chi connectivity index (χ3v) is 6.60. The molecule has 5 heteroatoms. The summed E-state index contributed by atoms with van der Waals surface area (Å²) < 4.78 is 0. The third-order valence-electron chi connectivity index (χ3n) is 6.60. The van der Waals surface area contributed by atoms with Gasteiger partial charge >= 0.3 is 0 Å². The second kappa shape index (κ2) is 11.7. The highest BCUT2D eigenvalue weighted by atomic mass is 16.2. The third kappa shape index (κ3) is 6.69. The maximum Gasteiger partial charge on any atom is 0.222 e. The summed E-state index contributed by atoms with van der Waals surface area (Å²) in [5.74, 6) is 0.879. The van der Waals surface area contributed by atoms with E-state index in [2.05, 4.69) is 72.2 Å². The fourth-order valence-corrected chi connectivity index (χ4v) is 4.42. The van der Waals surface area contributed by atoms with Gasteiger partial charge in [0.1, 0.15) is 6.34 Å². The van der Waals surface area contributed by atoms with E-state index in [1.54, 1.807) is 0 Å². The van der Waals surface area contributed by atoms with Crippen molar-refractivity contribution >= 4 is 19.0 Å². The molecule has 1 aromatic carbocycles. The highest BCUT2D eigenvalue weighted by Crippen LogP contribution is 2.40. The van der Waals surface area contributed by atoms with Crippen LogP contribution in [0.3, 0.4) is 0 Å². The predicted octanol–water partition coefficient (Wildman–Crippen LogP) is 4.46. The lowest BCUT2D eigenvalue weighted by Crippen LogP contribution is -2.49. The zero-order valence-electron chi connectivity index (χ0n) is 18.5. The van der Waals surface area contributed by atoms with Crippen LogP contribution < -0.4 is 5.43 Å². The first-order valence-corrected chi connectivity index (χ1v) is 11.1. The molecule has 1 atom stereocenters. The van der Waals surface area contributed by atoms with Crippen molar-refractivity contribution in [3.05, 3.63) is 35.4 Å². The summed E-state index contributed by atoms with van der Waals surface area (Å²) in [6.45, 7) is 12.7. The smallest absolute Gasteiger partial charge is 0.222 e. The first kappa shape index (κ1) is 23.1. The van der Waals surface area contributed by atoms with Crippen LogP contribution in [0.15, 0.2) is 34.4 Å². The van der Waals surface area contributed by atoms with Gasteiger partial charge in [-0.3, -0.25) is 9.79 Å². The van der Waals surface area contributed by atoms with Crippen LogP contribution in [0.25, 0.3) is 0 Å². The Balaban J connectivity index is 1.89. The number of amides is 1. The van der Waals surface area contributed by atoms with Gasteiger partial charge in [-0.15, -0.1) is 0 Å². The van der Waals surface area contributed by atoms with Crippen LogP contribution in [-0.2, 0) is 17.6 Å². The quantitative estimate of drug-likeness (QED) is 0.340. The molecule has 1 heterocycles. The molecule has 0 aliphatic carbocycles. The Morgan fingerprint density at radius 2 is 1.90 bits per heavy atom. The minimum atomic E-state index is 0.182. The molecule has 1 fully saturated rings. The molecular weight excluding hydrogens is 360 g/mol. The predicted molar refractivity (Wildman–Crippen MR) is 123 cm³/mol. The number of hydrogen-bond acceptors (Lipinski definition) is 3. The van der Waals surface area contributed by atoms with Gasteiger partial charge in [0.2, 0.25) is 5.91 Å². The number of aryl methyl sites for hydroxylation is 2. The van der Waals surface area contributed by atoms with E-state index in [0.29, 0.717) is 12.3 Å². The number of hydrogen-bond donors (Lipinski definition) is 1. The van der Waals surface area contributed by atoms with Gasteiger partial charge in [0, 0.05) is 26.1 Å². The molecule has 5 nitrogen and oxygen atoms in total. The van der Waals surface area contributed by atoms with Crippen LogP contribution in [0.1, 0.15) is 64.0 Å². The minimum Gasteiger partial charge on any atom is -0.343 e. The monoisotopic (exact) mass is 398 g/mol. The molecule has 1 aliphatic rings. The van der Waals surface area contributed by atoms with Gasteiger partial charge in [-0.05, 0) is 54.9 Å². The Morgan fingerprint density at radius 3 is 2.48 bits per heavy atom. The number of hydrazone groups is 1. The first-order chi connectivity index (χ1) is 14.0. The minimum absolute atomic E-state index is 0.182. The average Bonchev–Trinajstić information content (AvgIpc) is 2.76. The van der Waals surface area contributed by atoms with Crippen molar-refractivity contribution in [3.8, 4) is 0 Å². The molecule has 0 radical (unpaired) electrons. The number of nitrogens with one attached hydrogen (secondary N) is 1. The summed E-state index contributed by atoms with van der Waals surface area (Å²) in [7, 11) is 0. The number of aliphatic imine (C=N–C) groups is 1.